The smallest absolute Gasteiger partial charge is 0.409 e. The number of hydrogen-bond acceptors (Lipinski definition) is 5. The quantitative estimate of drug-likeness (QED) is 0.697. The van der Waals surface area contributed by atoms with Crippen molar-refractivity contribution in [1.82, 2.24) is 15.1 Å². The number of amides is 1. The Morgan fingerprint density at radius 1 is 1.33 bits per heavy atom. The molecule has 1 unspecified atom stereocenters. The minimum Gasteiger partial charge on any atom is -0.450 e. The monoisotopic (exact) mass is 301 g/mol. The number of aliphatic hydroxyl groups excluding tert-OH is 1. The summed E-state index contributed by atoms with van der Waals surface area (Å²) in [4.78, 5) is 15.6. The lowest BCUT2D eigenvalue weighted by atomic mass is 10.1. The number of nitrogens with zero attached hydrogens (tertiary/aromatic N) is 2. The van der Waals surface area contributed by atoms with Crippen molar-refractivity contribution in [1.29, 1.82) is 0 Å². The molecule has 0 aromatic rings. The van der Waals surface area contributed by atoms with E-state index in [2.05, 4.69) is 24.1 Å². The van der Waals surface area contributed by atoms with Crippen LogP contribution in [-0.2, 0) is 4.74 Å². The fourth-order valence-electron chi connectivity index (χ4n) is 2.63. The molecular formula is C15H31N3O3. The summed E-state index contributed by atoms with van der Waals surface area (Å²) in [7, 11) is 0. The number of carbonyl (C=O) groups excluding carboxylic acids is 1. The van der Waals surface area contributed by atoms with Crippen LogP contribution in [0, 0.1) is 0 Å². The van der Waals surface area contributed by atoms with E-state index in [9.17, 15) is 9.90 Å². The molecular weight excluding hydrogens is 270 g/mol. The number of ether oxygens (including phenoxy) is 1. The van der Waals surface area contributed by atoms with E-state index in [0.29, 0.717) is 25.7 Å². The predicted molar refractivity (Wildman–Crippen MR) is 83.4 cm³/mol. The lowest BCUT2D eigenvalue weighted by molar-refractivity contribution is 0.0888. The van der Waals surface area contributed by atoms with E-state index in [1.54, 1.807) is 4.90 Å². The first-order chi connectivity index (χ1) is 10.1. The van der Waals surface area contributed by atoms with Crippen molar-refractivity contribution in [3.8, 4) is 0 Å². The van der Waals surface area contributed by atoms with E-state index in [-0.39, 0.29) is 12.2 Å². The van der Waals surface area contributed by atoms with Crippen molar-refractivity contribution in [2.24, 2.45) is 0 Å². The minimum atomic E-state index is -0.340. The van der Waals surface area contributed by atoms with Crippen molar-refractivity contribution >= 4 is 6.09 Å². The van der Waals surface area contributed by atoms with Crippen LogP contribution in [0.15, 0.2) is 0 Å². The number of likely N-dealkylation sites (tertiary alicyclic amines) is 1. The molecule has 0 radical (unpaired) electrons. The van der Waals surface area contributed by atoms with Gasteiger partial charge >= 0.3 is 6.09 Å². The number of likely N-dealkylation sites (N-methyl/N-ethyl adjacent to an activating group) is 1. The van der Waals surface area contributed by atoms with Gasteiger partial charge < -0.3 is 25.0 Å². The molecule has 0 aliphatic carbocycles. The summed E-state index contributed by atoms with van der Waals surface area (Å²) in [6.45, 7) is 11.2. The highest BCUT2D eigenvalue weighted by atomic mass is 16.6. The molecule has 21 heavy (non-hydrogen) atoms. The molecule has 6 nitrogen and oxygen atoms in total. The van der Waals surface area contributed by atoms with E-state index in [1.165, 1.54) is 0 Å². The van der Waals surface area contributed by atoms with Crippen LogP contribution in [0.2, 0.25) is 0 Å². The second kappa shape index (κ2) is 9.97. The van der Waals surface area contributed by atoms with Crippen LogP contribution in [-0.4, -0.2) is 79.0 Å². The molecule has 0 bridgehead atoms. The van der Waals surface area contributed by atoms with Gasteiger partial charge in [0.15, 0.2) is 0 Å². The highest BCUT2D eigenvalue weighted by Gasteiger charge is 2.23. The molecule has 1 fully saturated rings. The van der Waals surface area contributed by atoms with Crippen molar-refractivity contribution < 1.29 is 14.6 Å². The van der Waals surface area contributed by atoms with Gasteiger partial charge in [-0.05, 0) is 32.9 Å². The number of piperidine rings is 1. The van der Waals surface area contributed by atoms with Gasteiger partial charge in [-0.2, -0.15) is 0 Å². The Labute approximate surface area is 128 Å². The predicted octanol–water partition coefficient (Wildman–Crippen LogP) is 0.900. The summed E-state index contributed by atoms with van der Waals surface area (Å²) in [6, 6.07) is 0.377. The first-order valence-electron chi connectivity index (χ1n) is 8.16. The van der Waals surface area contributed by atoms with Gasteiger partial charge in [0.25, 0.3) is 0 Å². The minimum absolute atomic E-state index is 0.211. The SMILES string of the molecule is CCOC(=O)N1CCC(NCC(O)CN(CC)CC)CC1. The first-order valence-corrected chi connectivity index (χ1v) is 8.16. The molecule has 1 saturated heterocycles. The van der Waals surface area contributed by atoms with E-state index in [0.717, 1.165) is 39.0 Å². The number of aliphatic hydroxyl groups is 1. The largest absolute Gasteiger partial charge is 0.450 e. The van der Waals surface area contributed by atoms with Crippen molar-refractivity contribution in [3.05, 3.63) is 0 Å². The van der Waals surface area contributed by atoms with Gasteiger partial charge in [0.05, 0.1) is 12.7 Å². The zero-order chi connectivity index (χ0) is 15.7. The maximum absolute atomic E-state index is 11.6. The lowest BCUT2D eigenvalue weighted by Gasteiger charge is -2.32. The molecule has 124 valence electrons. The highest BCUT2D eigenvalue weighted by molar-refractivity contribution is 5.67. The van der Waals surface area contributed by atoms with Crippen LogP contribution < -0.4 is 5.32 Å². The van der Waals surface area contributed by atoms with Crippen LogP contribution in [0.5, 0.6) is 0 Å². The van der Waals surface area contributed by atoms with E-state index in [4.69, 9.17) is 4.74 Å². The number of rotatable bonds is 8. The molecule has 0 aromatic carbocycles. The maximum atomic E-state index is 11.6. The first kappa shape index (κ1) is 18.2. The van der Waals surface area contributed by atoms with Crippen molar-refractivity contribution in [2.75, 3.05) is 45.9 Å². The van der Waals surface area contributed by atoms with Gasteiger partial charge in [0.1, 0.15) is 0 Å². The molecule has 1 heterocycles. The third-order valence-electron chi connectivity index (χ3n) is 4.03. The molecule has 0 spiro atoms. The Morgan fingerprint density at radius 2 is 1.95 bits per heavy atom. The van der Waals surface area contributed by atoms with Gasteiger partial charge in [-0.3, -0.25) is 0 Å². The second-order valence-corrected chi connectivity index (χ2v) is 5.51. The summed E-state index contributed by atoms with van der Waals surface area (Å²) in [6.07, 6.45) is 1.28. The molecule has 0 saturated carbocycles. The summed E-state index contributed by atoms with van der Waals surface area (Å²) in [5.74, 6) is 0. The van der Waals surface area contributed by atoms with Crippen LogP contribution in [0.3, 0.4) is 0 Å². The Morgan fingerprint density at radius 3 is 2.48 bits per heavy atom. The normalized spacial score (nSPS) is 18.0. The molecule has 1 aliphatic rings. The van der Waals surface area contributed by atoms with Crippen LogP contribution in [0.1, 0.15) is 33.6 Å². The Bertz CT molecular complexity index is 290. The molecule has 6 heteroatoms. The maximum Gasteiger partial charge on any atom is 0.409 e. The van der Waals surface area contributed by atoms with Crippen LogP contribution >= 0.6 is 0 Å². The van der Waals surface area contributed by atoms with E-state index in [1.807, 2.05) is 6.92 Å². The number of hydrogen-bond donors (Lipinski definition) is 2. The molecule has 1 aliphatic heterocycles. The number of carbonyl (C=O) groups is 1. The Kier molecular flexibility index (Phi) is 8.64. The topological polar surface area (TPSA) is 65.0 Å². The molecule has 2 N–H and O–H groups in total. The number of nitrogens with one attached hydrogen (secondary N) is 1. The highest BCUT2D eigenvalue weighted by Crippen LogP contribution is 2.11. The van der Waals surface area contributed by atoms with Gasteiger partial charge in [0.2, 0.25) is 0 Å². The van der Waals surface area contributed by atoms with E-state index < -0.39 is 0 Å². The summed E-state index contributed by atoms with van der Waals surface area (Å²) in [5, 5.41) is 13.4. The van der Waals surface area contributed by atoms with Crippen LogP contribution in [0.4, 0.5) is 4.79 Å². The third-order valence-corrected chi connectivity index (χ3v) is 4.03. The summed E-state index contributed by atoms with van der Waals surface area (Å²) in [5.41, 5.74) is 0. The molecule has 1 amide bonds. The second-order valence-electron chi connectivity index (χ2n) is 5.51. The van der Waals surface area contributed by atoms with Gasteiger partial charge in [0, 0.05) is 32.2 Å². The molecule has 0 aromatic heterocycles. The Balaban J connectivity index is 2.19. The average molecular weight is 301 g/mol. The standard InChI is InChI=1S/C15H31N3O3/c1-4-17(5-2)12-14(19)11-16-13-7-9-18(10-8-13)15(20)21-6-3/h13-14,16,19H,4-12H2,1-3H3. The fraction of sp³-hybridized carbons (Fsp3) is 0.933. The Hall–Kier alpha value is -0.850. The lowest BCUT2D eigenvalue weighted by Crippen LogP contribution is -2.47. The van der Waals surface area contributed by atoms with Crippen LogP contribution in [0.25, 0.3) is 0 Å². The molecule has 1 rings (SSSR count). The summed E-state index contributed by atoms with van der Waals surface area (Å²) >= 11 is 0. The average Bonchev–Trinajstić information content (AvgIpc) is 2.51. The molecule has 1 atom stereocenters. The van der Waals surface area contributed by atoms with E-state index >= 15 is 0 Å². The summed E-state index contributed by atoms with van der Waals surface area (Å²) < 4.78 is 5.00. The van der Waals surface area contributed by atoms with Crippen molar-refractivity contribution in [3.63, 3.8) is 0 Å². The fourth-order valence-corrected chi connectivity index (χ4v) is 2.63. The van der Waals surface area contributed by atoms with Gasteiger partial charge in [-0.25, -0.2) is 4.79 Å². The van der Waals surface area contributed by atoms with Gasteiger partial charge in [-0.15, -0.1) is 0 Å². The third kappa shape index (κ3) is 6.63. The zero-order valence-electron chi connectivity index (χ0n) is 13.7. The van der Waals surface area contributed by atoms with Gasteiger partial charge in [-0.1, -0.05) is 13.8 Å². The van der Waals surface area contributed by atoms with Crippen molar-refractivity contribution in [2.45, 2.75) is 45.8 Å². The zero-order valence-corrected chi connectivity index (χ0v) is 13.7.